The molecule has 1 fully saturated rings. The van der Waals surface area contributed by atoms with Crippen LogP contribution >= 0.6 is 0 Å². The number of alkyl halides is 3. The fraction of sp³-hybridized carbons (Fsp3) is 0.571. The molecule has 1 aromatic carbocycles. The lowest BCUT2D eigenvalue weighted by atomic mass is 9.91. The van der Waals surface area contributed by atoms with E-state index in [0.29, 0.717) is 6.04 Å². The van der Waals surface area contributed by atoms with E-state index in [1.807, 2.05) is 0 Å². The van der Waals surface area contributed by atoms with Gasteiger partial charge in [0.2, 0.25) is 0 Å². The van der Waals surface area contributed by atoms with Crippen LogP contribution in [0, 0.1) is 6.92 Å². The van der Waals surface area contributed by atoms with Crippen LogP contribution in [0.1, 0.15) is 48.9 Å². The van der Waals surface area contributed by atoms with Crippen LogP contribution in [0.4, 0.5) is 13.2 Å². The molecule has 1 aromatic rings. The van der Waals surface area contributed by atoms with Crippen molar-refractivity contribution in [3.63, 3.8) is 0 Å². The van der Waals surface area contributed by atoms with Gasteiger partial charge in [0, 0.05) is 12.1 Å². The molecule has 1 aliphatic heterocycles. The van der Waals surface area contributed by atoms with Gasteiger partial charge in [-0.05, 0) is 49.9 Å². The van der Waals surface area contributed by atoms with Crippen molar-refractivity contribution >= 4 is 0 Å². The van der Waals surface area contributed by atoms with Gasteiger partial charge in [-0.2, -0.15) is 13.2 Å². The van der Waals surface area contributed by atoms with Crippen molar-refractivity contribution in [3.8, 4) is 0 Å². The summed E-state index contributed by atoms with van der Waals surface area (Å²) in [6, 6.07) is 4.68. The standard InChI is InChI=1S/C14H18F3N/c1-9-8-11(14(15,16)17)6-7-12(9)13-5-3-4-10(2)18-13/h6-8,10,13,18H,3-5H2,1-2H3. The molecular formula is C14H18F3N. The fourth-order valence-corrected chi connectivity index (χ4v) is 2.63. The molecule has 2 unspecified atom stereocenters. The number of aryl methyl sites for hydroxylation is 1. The maximum absolute atomic E-state index is 12.6. The first-order chi connectivity index (χ1) is 8.38. The highest BCUT2D eigenvalue weighted by Gasteiger charge is 2.31. The van der Waals surface area contributed by atoms with E-state index < -0.39 is 11.7 Å². The minimum Gasteiger partial charge on any atom is -0.307 e. The van der Waals surface area contributed by atoms with Crippen molar-refractivity contribution in [3.05, 3.63) is 34.9 Å². The molecule has 0 amide bonds. The molecule has 1 heterocycles. The van der Waals surface area contributed by atoms with Gasteiger partial charge in [0.1, 0.15) is 0 Å². The van der Waals surface area contributed by atoms with Gasteiger partial charge in [-0.15, -0.1) is 0 Å². The zero-order valence-electron chi connectivity index (χ0n) is 10.6. The van der Waals surface area contributed by atoms with Crippen LogP contribution in [0.3, 0.4) is 0 Å². The summed E-state index contributed by atoms with van der Waals surface area (Å²) in [5.41, 5.74) is 1.15. The van der Waals surface area contributed by atoms with E-state index in [2.05, 4.69) is 12.2 Å². The quantitative estimate of drug-likeness (QED) is 0.794. The zero-order chi connectivity index (χ0) is 13.3. The van der Waals surface area contributed by atoms with E-state index in [1.54, 1.807) is 13.0 Å². The lowest BCUT2D eigenvalue weighted by Crippen LogP contribution is -2.34. The SMILES string of the molecule is Cc1cc(C(F)(F)F)ccc1C1CCCC(C)N1. The molecule has 4 heteroatoms. The zero-order valence-corrected chi connectivity index (χ0v) is 10.6. The topological polar surface area (TPSA) is 12.0 Å². The van der Waals surface area contributed by atoms with Crippen molar-refractivity contribution in [2.45, 2.75) is 51.4 Å². The van der Waals surface area contributed by atoms with Gasteiger partial charge in [0.25, 0.3) is 0 Å². The van der Waals surface area contributed by atoms with Crippen molar-refractivity contribution in [2.24, 2.45) is 0 Å². The molecule has 2 rings (SSSR count). The van der Waals surface area contributed by atoms with Crippen LogP contribution in [0.5, 0.6) is 0 Å². The lowest BCUT2D eigenvalue weighted by Gasteiger charge is -2.30. The maximum Gasteiger partial charge on any atom is 0.416 e. The van der Waals surface area contributed by atoms with Crippen molar-refractivity contribution in [2.75, 3.05) is 0 Å². The molecular weight excluding hydrogens is 239 g/mol. The molecule has 1 nitrogen and oxygen atoms in total. The number of piperidine rings is 1. The molecule has 0 aliphatic carbocycles. The largest absolute Gasteiger partial charge is 0.416 e. The summed E-state index contributed by atoms with van der Waals surface area (Å²) in [5.74, 6) is 0. The Morgan fingerprint density at radius 1 is 1.22 bits per heavy atom. The predicted octanol–water partition coefficient (Wildman–Crippen LogP) is 4.22. The average molecular weight is 257 g/mol. The molecule has 100 valence electrons. The highest BCUT2D eigenvalue weighted by Crippen LogP contribution is 2.33. The van der Waals surface area contributed by atoms with Gasteiger partial charge in [-0.3, -0.25) is 0 Å². The van der Waals surface area contributed by atoms with Gasteiger partial charge in [-0.1, -0.05) is 12.5 Å². The molecule has 2 atom stereocenters. The third-order valence-electron chi connectivity index (χ3n) is 3.59. The van der Waals surface area contributed by atoms with Gasteiger partial charge >= 0.3 is 6.18 Å². The molecule has 0 bridgehead atoms. The normalized spacial score (nSPS) is 25.2. The maximum atomic E-state index is 12.6. The highest BCUT2D eigenvalue weighted by molar-refractivity contribution is 5.34. The van der Waals surface area contributed by atoms with Crippen molar-refractivity contribution in [1.29, 1.82) is 0 Å². The Labute approximate surface area is 105 Å². The summed E-state index contributed by atoms with van der Waals surface area (Å²) >= 11 is 0. The van der Waals surface area contributed by atoms with E-state index in [1.165, 1.54) is 12.1 Å². The monoisotopic (exact) mass is 257 g/mol. The minimum atomic E-state index is -4.25. The van der Waals surface area contributed by atoms with Gasteiger partial charge in [0.05, 0.1) is 5.56 Å². The number of benzene rings is 1. The van der Waals surface area contributed by atoms with Gasteiger partial charge in [0.15, 0.2) is 0 Å². The Morgan fingerprint density at radius 3 is 2.50 bits per heavy atom. The third kappa shape index (κ3) is 2.86. The number of hydrogen-bond donors (Lipinski definition) is 1. The highest BCUT2D eigenvalue weighted by atomic mass is 19.4. The summed E-state index contributed by atoms with van der Waals surface area (Å²) in [5, 5.41) is 3.45. The molecule has 0 aromatic heterocycles. The second-order valence-electron chi connectivity index (χ2n) is 5.12. The molecule has 18 heavy (non-hydrogen) atoms. The molecule has 1 aliphatic rings. The summed E-state index contributed by atoms with van der Waals surface area (Å²) in [6.45, 7) is 3.87. The molecule has 1 N–H and O–H groups in total. The summed E-state index contributed by atoms with van der Waals surface area (Å²) in [4.78, 5) is 0. The van der Waals surface area contributed by atoms with Crippen molar-refractivity contribution < 1.29 is 13.2 Å². The fourth-order valence-electron chi connectivity index (χ4n) is 2.63. The van der Waals surface area contributed by atoms with Crippen LogP contribution < -0.4 is 5.32 Å². The Kier molecular flexibility index (Phi) is 3.66. The van der Waals surface area contributed by atoms with E-state index in [4.69, 9.17) is 0 Å². The molecule has 0 spiro atoms. The second kappa shape index (κ2) is 4.92. The summed E-state index contributed by atoms with van der Waals surface area (Å²) < 4.78 is 37.8. The van der Waals surface area contributed by atoms with E-state index in [0.717, 1.165) is 30.4 Å². The minimum absolute atomic E-state index is 0.191. The number of nitrogens with one attached hydrogen (secondary N) is 1. The van der Waals surface area contributed by atoms with Gasteiger partial charge < -0.3 is 5.32 Å². The van der Waals surface area contributed by atoms with Crippen LogP contribution in [-0.4, -0.2) is 6.04 Å². The van der Waals surface area contributed by atoms with Crippen molar-refractivity contribution in [1.82, 2.24) is 5.32 Å². The van der Waals surface area contributed by atoms with Gasteiger partial charge in [-0.25, -0.2) is 0 Å². The first-order valence-corrected chi connectivity index (χ1v) is 6.31. The van der Waals surface area contributed by atoms with Crippen LogP contribution in [0.2, 0.25) is 0 Å². The van der Waals surface area contributed by atoms with Crippen LogP contribution in [0.15, 0.2) is 18.2 Å². The van der Waals surface area contributed by atoms with E-state index in [9.17, 15) is 13.2 Å². The number of hydrogen-bond acceptors (Lipinski definition) is 1. The summed E-state index contributed by atoms with van der Waals surface area (Å²) in [7, 11) is 0. The Morgan fingerprint density at radius 2 is 1.94 bits per heavy atom. The van der Waals surface area contributed by atoms with E-state index in [-0.39, 0.29) is 6.04 Å². The first kappa shape index (κ1) is 13.4. The number of rotatable bonds is 1. The van der Waals surface area contributed by atoms with Crippen LogP contribution in [0.25, 0.3) is 0 Å². The Balaban J connectivity index is 2.24. The second-order valence-corrected chi connectivity index (χ2v) is 5.12. The molecule has 0 saturated carbocycles. The Hall–Kier alpha value is -1.03. The molecule has 1 saturated heterocycles. The summed E-state index contributed by atoms with van der Waals surface area (Å²) in [6.07, 6.45) is -0.997. The predicted molar refractivity (Wildman–Crippen MR) is 65.4 cm³/mol. The first-order valence-electron chi connectivity index (χ1n) is 6.31. The Bertz CT molecular complexity index is 426. The number of halogens is 3. The van der Waals surface area contributed by atoms with Crippen LogP contribution in [-0.2, 0) is 6.18 Å². The molecule has 0 radical (unpaired) electrons. The lowest BCUT2D eigenvalue weighted by molar-refractivity contribution is -0.137. The smallest absolute Gasteiger partial charge is 0.307 e. The van der Waals surface area contributed by atoms with E-state index >= 15 is 0 Å². The third-order valence-corrected chi connectivity index (χ3v) is 3.59. The average Bonchev–Trinajstić information content (AvgIpc) is 2.27.